The van der Waals surface area contributed by atoms with Gasteiger partial charge in [0.1, 0.15) is 17.5 Å². The lowest BCUT2D eigenvalue weighted by Gasteiger charge is -2.33. The number of nitrogens with zero attached hydrogens (tertiary/aromatic N) is 3. The summed E-state index contributed by atoms with van der Waals surface area (Å²) in [5.41, 5.74) is 1.47. The number of hydrogen-bond acceptors (Lipinski definition) is 4. The van der Waals surface area contributed by atoms with Crippen molar-refractivity contribution < 1.29 is 18.7 Å². The number of imidazole rings is 1. The lowest BCUT2D eigenvalue weighted by Crippen LogP contribution is -2.44. The first kappa shape index (κ1) is 22.4. The zero-order chi connectivity index (χ0) is 22.9. The number of amides is 1. The predicted octanol–water partition coefficient (Wildman–Crippen LogP) is 5.66. The maximum atomic E-state index is 14.5. The topological polar surface area (TPSA) is 56.6 Å². The summed E-state index contributed by atoms with van der Waals surface area (Å²) >= 11 is 6.27. The maximum absolute atomic E-state index is 14.5. The third-order valence-corrected chi connectivity index (χ3v) is 5.72. The van der Waals surface area contributed by atoms with Crippen molar-refractivity contribution in [1.29, 1.82) is 0 Å². The van der Waals surface area contributed by atoms with Crippen LogP contribution in [-0.4, -0.2) is 45.3 Å². The van der Waals surface area contributed by atoms with Crippen molar-refractivity contribution in [3.8, 4) is 6.01 Å². The van der Waals surface area contributed by atoms with E-state index >= 15 is 0 Å². The quantitative estimate of drug-likeness (QED) is 0.505. The molecular weight excluding hydrogens is 433 g/mol. The zero-order valence-electron chi connectivity index (χ0n) is 18.5. The molecule has 1 saturated heterocycles. The number of benzene rings is 2. The molecule has 0 atom stereocenters. The Bertz CT molecular complexity index is 1100. The minimum atomic E-state index is -0.525. The molecule has 0 spiro atoms. The van der Waals surface area contributed by atoms with Gasteiger partial charge < -0.3 is 14.4 Å². The van der Waals surface area contributed by atoms with E-state index in [1.54, 1.807) is 17.0 Å². The molecule has 2 heterocycles. The maximum Gasteiger partial charge on any atom is 0.410 e. The standard InChI is InChI=1S/C24H27ClFN3O3/c1-24(2,3)32-23(30)28-13-11-16(12-14-28)31-22-27-20-9-4-5-10-21(20)29(22)15-17-18(25)7-6-8-19(17)26/h4-10,16H,11-15H2,1-3H3. The van der Waals surface area contributed by atoms with Gasteiger partial charge >= 0.3 is 6.09 Å². The molecule has 1 amide bonds. The number of carbonyl (C=O) groups is 1. The van der Waals surface area contributed by atoms with Gasteiger partial charge in [-0.05, 0) is 45.0 Å². The zero-order valence-corrected chi connectivity index (χ0v) is 19.2. The van der Waals surface area contributed by atoms with Gasteiger partial charge in [0.05, 0.1) is 17.6 Å². The van der Waals surface area contributed by atoms with E-state index < -0.39 is 5.60 Å². The lowest BCUT2D eigenvalue weighted by molar-refractivity contribution is 0.0116. The molecule has 0 saturated carbocycles. The highest BCUT2D eigenvalue weighted by Gasteiger charge is 2.29. The lowest BCUT2D eigenvalue weighted by atomic mass is 10.1. The molecule has 170 valence electrons. The van der Waals surface area contributed by atoms with E-state index in [1.807, 2.05) is 49.6 Å². The average molecular weight is 460 g/mol. The third-order valence-electron chi connectivity index (χ3n) is 5.36. The summed E-state index contributed by atoms with van der Waals surface area (Å²) in [5, 5.41) is 0.361. The molecule has 1 aliphatic rings. The second-order valence-corrected chi connectivity index (χ2v) is 9.36. The molecular formula is C24H27ClFN3O3. The highest BCUT2D eigenvalue weighted by Crippen LogP contribution is 2.28. The summed E-state index contributed by atoms with van der Waals surface area (Å²) in [7, 11) is 0. The van der Waals surface area contributed by atoms with E-state index in [0.717, 1.165) is 11.0 Å². The molecule has 8 heteroatoms. The van der Waals surface area contributed by atoms with Crippen LogP contribution < -0.4 is 4.74 Å². The molecule has 1 fully saturated rings. The Morgan fingerprint density at radius 2 is 1.88 bits per heavy atom. The Kier molecular flexibility index (Phi) is 6.29. The minimum absolute atomic E-state index is 0.111. The number of fused-ring (bicyclic) bond motifs is 1. The first-order valence-electron chi connectivity index (χ1n) is 10.7. The second-order valence-electron chi connectivity index (χ2n) is 8.95. The molecule has 2 aromatic carbocycles. The third kappa shape index (κ3) is 4.99. The number of aromatic nitrogens is 2. The fourth-order valence-corrected chi connectivity index (χ4v) is 3.99. The molecule has 6 nitrogen and oxygen atoms in total. The molecule has 1 aromatic heterocycles. The Balaban J connectivity index is 1.52. The van der Waals surface area contributed by atoms with Crippen LogP contribution in [0.15, 0.2) is 42.5 Å². The van der Waals surface area contributed by atoms with Crippen LogP contribution in [0.2, 0.25) is 5.02 Å². The number of piperidine rings is 1. The van der Waals surface area contributed by atoms with Gasteiger partial charge in [-0.2, -0.15) is 4.98 Å². The van der Waals surface area contributed by atoms with Gasteiger partial charge in [-0.3, -0.25) is 4.57 Å². The second kappa shape index (κ2) is 8.98. The summed E-state index contributed by atoms with van der Waals surface area (Å²) < 4.78 is 28.0. The Labute approximate surface area is 191 Å². The monoisotopic (exact) mass is 459 g/mol. The van der Waals surface area contributed by atoms with E-state index in [-0.39, 0.29) is 24.6 Å². The molecule has 32 heavy (non-hydrogen) atoms. The van der Waals surface area contributed by atoms with E-state index in [9.17, 15) is 9.18 Å². The van der Waals surface area contributed by atoms with Crippen LogP contribution in [0.25, 0.3) is 11.0 Å². The first-order valence-corrected chi connectivity index (χ1v) is 11.1. The Hall–Kier alpha value is -2.80. The van der Waals surface area contributed by atoms with Crippen LogP contribution in [0, 0.1) is 5.82 Å². The van der Waals surface area contributed by atoms with E-state index in [1.165, 1.54) is 6.07 Å². The van der Waals surface area contributed by atoms with Crippen LogP contribution in [0.3, 0.4) is 0 Å². The number of halogens is 2. The van der Waals surface area contributed by atoms with Crippen molar-refractivity contribution in [2.75, 3.05) is 13.1 Å². The van der Waals surface area contributed by atoms with Crippen LogP contribution in [0.1, 0.15) is 39.2 Å². The van der Waals surface area contributed by atoms with Crippen LogP contribution >= 0.6 is 11.6 Å². The van der Waals surface area contributed by atoms with Crippen LogP contribution in [0.5, 0.6) is 6.01 Å². The highest BCUT2D eigenvalue weighted by atomic mass is 35.5. The fraction of sp³-hybridized carbons (Fsp3) is 0.417. The van der Waals surface area contributed by atoms with Gasteiger partial charge in [0.25, 0.3) is 6.01 Å². The van der Waals surface area contributed by atoms with Crippen LogP contribution in [-0.2, 0) is 11.3 Å². The molecule has 0 bridgehead atoms. The van der Waals surface area contributed by atoms with Gasteiger partial charge in [-0.1, -0.05) is 29.8 Å². The van der Waals surface area contributed by atoms with Crippen molar-refractivity contribution in [2.45, 2.75) is 51.9 Å². The smallest absolute Gasteiger partial charge is 0.410 e. The van der Waals surface area contributed by atoms with Crippen molar-refractivity contribution >= 4 is 28.7 Å². The molecule has 0 aliphatic carbocycles. The molecule has 3 aromatic rings. The van der Waals surface area contributed by atoms with Crippen LogP contribution in [0.4, 0.5) is 9.18 Å². The molecule has 4 rings (SSSR count). The number of hydrogen-bond donors (Lipinski definition) is 0. The average Bonchev–Trinajstić information content (AvgIpc) is 3.07. The van der Waals surface area contributed by atoms with E-state index in [4.69, 9.17) is 21.1 Å². The summed E-state index contributed by atoms with van der Waals surface area (Å²) in [6.45, 7) is 6.85. The predicted molar refractivity (Wildman–Crippen MR) is 122 cm³/mol. The number of likely N-dealkylation sites (tertiary alicyclic amines) is 1. The number of carbonyl (C=O) groups excluding carboxylic acids is 1. The SMILES string of the molecule is CC(C)(C)OC(=O)N1CCC(Oc2nc3ccccc3n2Cc2c(F)cccc2Cl)CC1. The van der Waals surface area contributed by atoms with E-state index in [2.05, 4.69) is 4.98 Å². The Morgan fingerprint density at radius 3 is 2.56 bits per heavy atom. The Morgan fingerprint density at radius 1 is 1.16 bits per heavy atom. The normalized spacial score (nSPS) is 15.2. The fourth-order valence-electron chi connectivity index (χ4n) is 3.77. The number of rotatable bonds is 4. The summed E-state index contributed by atoms with van der Waals surface area (Å²) in [5.74, 6) is -0.369. The summed E-state index contributed by atoms with van der Waals surface area (Å²) in [6, 6.07) is 12.7. The van der Waals surface area contributed by atoms with Gasteiger partial charge in [0, 0.05) is 36.5 Å². The molecule has 0 radical (unpaired) electrons. The highest BCUT2D eigenvalue weighted by molar-refractivity contribution is 6.31. The van der Waals surface area contributed by atoms with Gasteiger partial charge in [-0.25, -0.2) is 9.18 Å². The van der Waals surface area contributed by atoms with Crippen molar-refractivity contribution in [2.24, 2.45) is 0 Å². The van der Waals surface area contributed by atoms with Gasteiger partial charge in [0.2, 0.25) is 0 Å². The van der Waals surface area contributed by atoms with Gasteiger partial charge in [0.15, 0.2) is 0 Å². The van der Waals surface area contributed by atoms with Gasteiger partial charge in [-0.15, -0.1) is 0 Å². The summed E-state index contributed by atoms with van der Waals surface area (Å²) in [4.78, 5) is 18.7. The minimum Gasteiger partial charge on any atom is -0.461 e. The van der Waals surface area contributed by atoms with Crippen molar-refractivity contribution in [3.63, 3.8) is 0 Å². The summed E-state index contributed by atoms with van der Waals surface area (Å²) in [6.07, 6.45) is 0.893. The van der Waals surface area contributed by atoms with Crippen molar-refractivity contribution in [3.05, 3.63) is 58.9 Å². The molecule has 0 N–H and O–H groups in total. The molecule has 0 unspecified atom stereocenters. The van der Waals surface area contributed by atoms with Crippen molar-refractivity contribution in [1.82, 2.24) is 14.5 Å². The van der Waals surface area contributed by atoms with E-state index in [0.29, 0.717) is 42.5 Å². The molecule has 1 aliphatic heterocycles. The first-order chi connectivity index (χ1) is 15.2. The number of ether oxygens (including phenoxy) is 2. The largest absolute Gasteiger partial charge is 0.461 e. The number of para-hydroxylation sites is 2.